The molecule has 1 aromatic heterocycles. The van der Waals surface area contributed by atoms with Gasteiger partial charge in [0.2, 0.25) is 0 Å². The van der Waals surface area contributed by atoms with Crippen molar-refractivity contribution in [3.8, 4) is 0 Å². The summed E-state index contributed by atoms with van der Waals surface area (Å²) in [5, 5.41) is 18.9. The lowest BCUT2D eigenvalue weighted by Crippen LogP contribution is -2.32. The molecule has 1 saturated heterocycles. The highest BCUT2D eigenvalue weighted by Crippen LogP contribution is 2.29. The smallest absolute Gasteiger partial charge is 0.130 e. The van der Waals surface area contributed by atoms with E-state index in [0.717, 1.165) is 43.6 Å². The highest BCUT2D eigenvalue weighted by atomic mass is 35.5. The van der Waals surface area contributed by atoms with Crippen LogP contribution in [0.3, 0.4) is 0 Å². The van der Waals surface area contributed by atoms with Crippen LogP contribution >= 0.6 is 11.6 Å². The number of aromatic nitrogens is 2. The van der Waals surface area contributed by atoms with E-state index in [4.69, 9.17) is 11.6 Å². The van der Waals surface area contributed by atoms with E-state index in [2.05, 4.69) is 10.4 Å². The van der Waals surface area contributed by atoms with Crippen molar-refractivity contribution >= 4 is 11.6 Å². The second-order valence-corrected chi connectivity index (χ2v) is 5.34. The van der Waals surface area contributed by atoms with E-state index in [1.165, 1.54) is 0 Å². The monoisotopic (exact) mass is 257 g/mol. The van der Waals surface area contributed by atoms with Gasteiger partial charge in [0.05, 0.1) is 11.3 Å². The van der Waals surface area contributed by atoms with Crippen LogP contribution < -0.4 is 5.32 Å². The molecule has 0 spiro atoms. The molecule has 2 N–H and O–H groups in total. The Hall–Kier alpha value is -0.580. The Bertz CT molecular complexity index is 395. The predicted octanol–water partition coefficient (Wildman–Crippen LogP) is 1.43. The van der Waals surface area contributed by atoms with Crippen LogP contribution in [0.25, 0.3) is 0 Å². The SMILES string of the molecule is Cc1nn(C)c(Cl)c1CC1(O)CCCNCC1. The van der Waals surface area contributed by atoms with Crippen LogP contribution in [0.15, 0.2) is 0 Å². The van der Waals surface area contributed by atoms with E-state index in [0.29, 0.717) is 11.6 Å². The molecule has 1 atom stereocenters. The van der Waals surface area contributed by atoms with Crippen LogP contribution in [0.4, 0.5) is 0 Å². The first kappa shape index (κ1) is 12.9. The molecule has 1 unspecified atom stereocenters. The maximum absolute atomic E-state index is 10.6. The average molecular weight is 258 g/mol. The molecule has 2 heterocycles. The number of hydrogen-bond acceptors (Lipinski definition) is 3. The fraction of sp³-hybridized carbons (Fsp3) is 0.750. The summed E-state index contributed by atoms with van der Waals surface area (Å²) in [7, 11) is 1.83. The van der Waals surface area contributed by atoms with Gasteiger partial charge in [0.1, 0.15) is 5.15 Å². The first-order chi connectivity index (χ1) is 8.02. The average Bonchev–Trinajstić information content (AvgIpc) is 2.48. The minimum absolute atomic E-state index is 0.604. The van der Waals surface area contributed by atoms with Gasteiger partial charge < -0.3 is 10.4 Å². The van der Waals surface area contributed by atoms with Crippen molar-refractivity contribution in [2.24, 2.45) is 7.05 Å². The van der Waals surface area contributed by atoms with Gasteiger partial charge in [0.15, 0.2) is 0 Å². The predicted molar refractivity (Wildman–Crippen MR) is 68.3 cm³/mol. The number of halogens is 1. The van der Waals surface area contributed by atoms with Crippen LogP contribution in [0.2, 0.25) is 5.15 Å². The molecule has 0 bridgehead atoms. The molecule has 2 rings (SSSR count). The van der Waals surface area contributed by atoms with Gasteiger partial charge in [-0.3, -0.25) is 4.68 Å². The number of aryl methyl sites for hydroxylation is 2. The lowest BCUT2D eigenvalue weighted by molar-refractivity contribution is 0.0283. The molecule has 0 radical (unpaired) electrons. The Morgan fingerprint density at radius 3 is 2.88 bits per heavy atom. The molecule has 1 fully saturated rings. The summed E-state index contributed by atoms with van der Waals surface area (Å²) in [5.74, 6) is 0. The van der Waals surface area contributed by atoms with Crippen molar-refractivity contribution in [1.29, 1.82) is 0 Å². The van der Waals surface area contributed by atoms with Crippen molar-refractivity contribution in [3.63, 3.8) is 0 Å². The molecule has 0 saturated carbocycles. The highest BCUT2D eigenvalue weighted by Gasteiger charge is 2.30. The summed E-state index contributed by atoms with van der Waals surface area (Å²) in [4.78, 5) is 0. The summed E-state index contributed by atoms with van der Waals surface area (Å²) in [6, 6.07) is 0. The van der Waals surface area contributed by atoms with Crippen molar-refractivity contribution in [2.75, 3.05) is 13.1 Å². The second-order valence-electron chi connectivity index (χ2n) is 4.98. The maximum atomic E-state index is 10.6. The van der Waals surface area contributed by atoms with Crippen LogP contribution in [0.1, 0.15) is 30.5 Å². The third-order valence-electron chi connectivity index (χ3n) is 3.54. The fourth-order valence-electron chi connectivity index (χ4n) is 2.49. The molecule has 17 heavy (non-hydrogen) atoms. The third-order valence-corrected chi connectivity index (χ3v) is 4.01. The molecule has 5 heteroatoms. The Labute approximate surface area is 107 Å². The lowest BCUT2D eigenvalue weighted by Gasteiger charge is -2.26. The first-order valence-electron chi connectivity index (χ1n) is 6.13. The van der Waals surface area contributed by atoms with Gasteiger partial charge >= 0.3 is 0 Å². The van der Waals surface area contributed by atoms with Crippen LogP contribution in [-0.2, 0) is 13.5 Å². The van der Waals surface area contributed by atoms with Gasteiger partial charge in [-0.25, -0.2) is 0 Å². The molecule has 1 aliphatic heterocycles. The van der Waals surface area contributed by atoms with Crippen molar-refractivity contribution < 1.29 is 5.11 Å². The molecule has 1 aromatic rings. The quantitative estimate of drug-likeness (QED) is 0.843. The van der Waals surface area contributed by atoms with Crippen molar-refractivity contribution in [3.05, 3.63) is 16.4 Å². The van der Waals surface area contributed by atoms with Gasteiger partial charge in [0, 0.05) is 19.0 Å². The van der Waals surface area contributed by atoms with E-state index in [1.807, 2.05) is 14.0 Å². The molecule has 0 amide bonds. The number of nitrogens with one attached hydrogen (secondary N) is 1. The molecule has 1 aliphatic rings. The Morgan fingerprint density at radius 1 is 1.47 bits per heavy atom. The Kier molecular flexibility index (Phi) is 3.76. The largest absolute Gasteiger partial charge is 0.389 e. The molecule has 4 nitrogen and oxygen atoms in total. The van der Waals surface area contributed by atoms with Crippen LogP contribution in [0, 0.1) is 6.92 Å². The van der Waals surface area contributed by atoms with Gasteiger partial charge in [-0.05, 0) is 39.3 Å². The summed E-state index contributed by atoms with van der Waals surface area (Å²) < 4.78 is 1.67. The highest BCUT2D eigenvalue weighted by molar-refractivity contribution is 6.30. The van der Waals surface area contributed by atoms with Crippen LogP contribution in [0.5, 0.6) is 0 Å². The van der Waals surface area contributed by atoms with Gasteiger partial charge in [-0.2, -0.15) is 5.10 Å². The molecule has 96 valence electrons. The lowest BCUT2D eigenvalue weighted by atomic mass is 9.88. The zero-order valence-corrected chi connectivity index (χ0v) is 11.2. The third kappa shape index (κ3) is 2.81. The van der Waals surface area contributed by atoms with Gasteiger partial charge in [-0.1, -0.05) is 11.6 Å². The summed E-state index contributed by atoms with van der Waals surface area (Å²) >= 11 is 6.21. The maximum Gasteiger partial charge on any atom is 0.130 e. The van der Waals surface area contributed by atoms with Crippen LogP contribution in [-0.4, -0.2) is 33.6 Å². The Balaban J connectivity index is 2.18. The Morgan fingerprint density at radius 2 is 2.24 bits per heavy atom. The molecular weight excluding hydrogens is 238 g/mol. The number of aliphatic hydroxyl groups is 1. The summed E-state index contributed by atoms with van der Waals surface area (Å²) in [6.07, 6.45) is 3.21. The normalized spacial score (nSPS) is 25.9. The number of nitrogens with zero attached hydrogens (tertiary/aromatic N) is 2. The minimum atomic E-state index is -0.638. The van der Waals surface area contributed by atoms with E-state index in [9.17, 15) is 5.11 Å². The van der Waals surface area contributed by atoms with Crippen molar-refractivity contribution in [1.82, 2.24) is 15.1 Å². The second kappa shape index (κ2) is 4.96. The van der Waals surface area contributed by atoms with E-state index < -0.39 is 5.60 Å². The molecular formula is C12H20ClN3O. The van der Waals surface area contributed by atoms with Crippen molar-refractivity contribution in [2.45, 2.75) is 38.2 Å². The zero-order valence-electron chi connectivity index (χ0n) is 10.5. The van der Waals surface area contributed by atoms with E-state index in [1.54, 1.807) is 4.68 Å². The summed E-state index contributed by atoms with van der Waals surface area (Å²) in [6.45, 7) is 3.80. The van der Waals surface area contributed by atoms with Gasteiger partial charge in [0.25, 0.3) is 0 Å². The number of hydrogen-bond donors (Lipinski definition) is 2. The van der Waals surface area contributed by atoms with E-state index in [-0.39, 0.29) is 0 Å². The zero-order chi connectivity index (χ0) is 12.5. The van der Waals surface area contributed by atoms with E-state index >= 15 is 0 Å². The molecule has 0 aliphatic carbocycles. The first-order valence-corrected chi connectivity index (χ1v) is 6.51. The fourth-order valence-corrected chi connectivity index (χ4v) is 2.74. The topological polar surface area (TPSA) is 50.1 Å². The molecule has 0 aromatic carbocycles. The summed E-state index contributed by atoms with van der Waals surface area (Å²) in [5.41, 5.74) is 1.27. The standard InChI is InChI=1S/C12H20ClN3O/c1-9-10(11(13)16(2)15-9)8-12(17)4-3-6-14-7-5-12/h14,17H,3-8H2,1-2H3. The minimum Gasteiger partial charge on any atom is -0.389 e. The van der Waals surface area contributed by atoms with Gasteiger partial charge in [-0.15, -0.1) is 0 Å². The number of rotatable bonds is 2.